The molecule has 0 radical (unpaired) electrons. The standard InChI is InChI=1S/C50H97N2O6P/c1-6-8-10-12-14-16-17-18-19-20-21-22-23-24-25-26-27-28-29-30-31-32-33-34-36-38-40-42-44-50(54)51-48(47-58-59(55,56)57-46-45-52(3,4)5)49(53)43-41-39-37-35-15-13-11-9-7-2/h7,9,15,35,41,43,48-49,53H,6,8,10-14,16-34,36-40,42,44-47H2,1-5H3,(H-,51,54,55,56)/b9-7+,35-15+,43-41+. The van der Waals surface area contributed by atoms with Gasteiger partial charge in [0.1, 0.15) is 13.2 Å². The second-order valence-corrected chi connectivity index (χ2v) is 19.6. The van der Waals surface area contributed by atoms with Gasteiger partial charge in [-0.3, -0.25) is 9.36 Å². The fourth-order valence-corrected chi connectivity index (χ4v) is 7.97. The van der Waals surface area contributed by atoms with Crippen LogP contribution < -0.4 is 10.2 Å². The van der Waals surface area contributed by atoms with Gasteiger partial charge in [0.05, 0.1) is 39.9 Å². The number of unbranched alkanes of at least 4 members (excludes halogenated alkanes) is 29. The largest absolute Gasteiger partial charge is 0.756 e. The van der Waals surface area contributed by atoms with Gasteiger partial charge in [0.25, 0.3) is 7.82 Å². The number of phosphoric ester groups is 1. The molecule has 0 heterocycles. The molecule has 0 aromatic carbocycles. The zero-order chi connectivity index (χ0) is 43.6. The van der Waals surface area contributed by atoms with Crippen molar-refractivity contribution in [2.24, 2.45) is 0 Å². The van der Waals surface area contributed by atoms with Crippen LogP contribution in [-0.4, -0.2) is 68.5 Å². The molecule has 59 heavy (non-hydrogen) atoms. The van der Waals surface area contributed by atoms with E-state index in [9.17, 15) is 19.4 Å². The number of likely N-dealkylation sites (N-methyl/N-ethyl adjacent to an activating group) is 1. The summed E-state index contributed by atoms with van der Waals surface area (Å²) >= 11 is 0. The summed E-state index contributed by atoms with van der Waals surface area (Å²) in [5, 5.41) is 13.7. The van der Waals surface area contributed by atoms with Crippen molar-refractivity contribution in [3.63, 3.8) is 0 Å². The molecule has 3 atom stereocenters. The lowest BCUT2D eigenvalue weighted by molar-refractivity contribution is -0.870. The number of nitrogens with zero attached hydrogens (tertiary/aromatic N) is 1. The normalized spacial score (nSPS) is 14.5. The average Bonchev–Trinajstić information content (AvgIpc) is 3.19. The lowest BCUT2D eigenvalue weighted by Crippen LogP contribution is -2.45. The highest BCUT2D eigenvalue weighted by Gasteiger charge is 2.23. The van der Waals surface area contributed by atoms with E-state index in [0.717, 1.165) is 44.9 Å². The molecule has 0 bridgehead atoms. The monoisotopic (exact) mass is 853 g/mol. The van der Waals surface area contributed by atoms with Crippen LogP contribution in [-0.2, 0) is 18.4 Å². The van der Waals surface area contributed by atoms with Gasteiger partial charge in [0.2, 0.25) is 5.91 Å². The molecule has 0 saturated carbocycles. The van der Waals surface area contributed by atoms with E-state index < -0.39 is 26.6 Å². The van der Waals surface area contributed by atoms with Crippen LogP contribution in [0.1, 0.15) is 226 Å². The highest BCUT2D eigenvalue weighted by atomic mass is 31.2. The molecule has 0 fully saturated rings. The molecular weight excluding hydrogens is 756 g/mol. The molecule has 0 saturated heterocycles. The minimum absolute atomic E-state index is 0.00827. The number of allylic oxidation sites excluding steroid dienone is 5. The first-order chi connectivity index (χ1) is 28.5. The van der Waals surface area contributed by atoms with Gasteiger partial charge in [-0.1, -0.05) is 217 Å². The second kappa shape index (κ2) is 42.0. The predicted octanol–water partition coefficient (Wildman–Crippen LogP) is 13.6. The highest BCUT2D eigenvalue weighted by Crippen LogP contribution is 2.38. The van der Waals surface area contributed by atoms with Gasteiger partial charge in [0, 0.05) is 6.42 Å². The SMILES string of the molecule is C/C=C/CC/C=C/CC/C=C/C(O)C(COP(=O)([O-])OCC[N+](C)(C)C)NC(=O)CCCCCCCCCCCCCCCCCCCCCCCCCCCCCC. The average molecular weight is 853 g/mol. The molecule has 0 aliphatic rings. The number of rotatable bonds is 45. The number of hydrogen-bond acceptors (Lipinski definition) is 6. The van der Waals surface area contributed by atoms with Crippen molar-refractivity contribution >= 4 is 13.7 Å². The number of carbonyl (C=O) groups excluding carboxylic acids is 1. The van der Waals surface area contributed by atoms with Crippen LogP contribution in [0.3, 0.4) is 0 Å². The van der Waals surface area contributed by atoms with Crippen LogP contribution >= 0.6 is 7.82 Å². The highest BCUT2D eigenvalue weighted by molar-refractivity contribution is 7.45. The molecule has 0 aliphatic heterocycles. The summed E-state index contributed by atoms with van der Waals surface area (Å²) in [4.78, 5) is 25.3. The molecular formula is C50H97N2O6P. The van der Waals surface area contributed by atoms with Gasteiger partial charge in [-0.25, -0.2) is 0 Å². The van der Waals surface area contributed by atoms with Crippen LogP contribution in [0.5, 0.6) is 0 Å². The summed E-state index contributed by atoms with van der Waals surface area (Å²) in [6.07, 6.45) is 52.6. The molecule has 2 N–H and O–H groups in total. The Hall–Kier alpha value is -1.28. The Balaban J connectivity index is 4.02. The van der Waals surface area contributed by atoms with Crippen molar-refractivity contribution < 1.29 is 32.9 Å². The summed E-state index contributed by atoms with van der Waals surface area (Å²) < 4.78 is 23.1. The first kappa shape index (κ1) is 57.7. The first-order valence-electron chi connectivity index (χ1n) is 24.8. The predicted molar refractivity (Wildman–Crippen MR) is 251 cm³/mol. The molecule has 0 aliphatic carbocycles. The number of phosphoric acid groups is 1. The Kier molecular flexibility index (Phi) is 41.1. The molecule has 0 aromatic rings. The zero-order valence-corrected chi connectivity index (χ0v) is 40.4. The maximum Gasteiger partial charge on any atom is 0.268 e. The van der Waals surface area contributed by atoms with E-state index >= 15 is 0 Å². The van der Waals surface area contributed by atoms with Gasteiger partial charge in [0.15, 0.2) is 0 Å². The summed E-state index contributed by atoms with van der Waals surface area (Å²) in [5.74, 6) is -0.211. The van der Waals surface area contributed by atoms with Gasteiger partial charge >= 0.3 is 0 Å². The molecule has 348 valence electrons. The van der Waals surface area contributed by atoms with Crippen molar-refractivity contribution in [3.05, 3.63) is 36.5 Å². The topological polar surface area (TPSA) is 108 Å². The van der Waals surface area contributed by atoms with Crippen LogP contribution in [0.15, 0.2) is 36.5 Å². The summed E-state index contributed by atoms with van der Waals surface area (Å²) in [5.41, 5.74) is 0. The number of hydrogen-bond donors (Lipinski definition) is 2. The molecule has 9 heteroatoms. The Morgan fingerprint density at radius 2 is 0.983 bits per heavy atom. The van der Waals surface area contributed by atoms with E-state index in [1.165, 1.54) is 161 Å². The fourth-order valence-electron chi connectivity index (χ4n) is 7.25. The van der Waals surface area contributed by atoms with Crippen LogP contribution in [0.4, 0.5) is 0 Å². The number of carbonyl (C=O) groups is 1. The lowest BCUT2D eigenvalue weighted by atomic mass is 10.0. The first-order valence-corrected chi connectivity index (χ1v) is 26.3. The van der Waals surface area contributed by atoms with Crippen LogP contribution in [0.25, 0.3) is 0 Å². The maximum absolute atomic E-state index is 12.8. The van der Waals surface area contributed by atoms with E-state index in [2.05, 4.69) is 30.5 Å². The smallest absolute Gasteiger partial charge is 0.268 e. The molecule has 1 amide bonds. The fraction of sp³-hybridized carbons (Fsp3) is 0.860. The van der Waals surface area contributed by atoms with Crippen LogP contribution in [0, 0.1) is 0 Å². The molecule has 0 aromatic heterocycles. The number of quaternary nitrogens is 1. The van der Waals surface area contributed by atoms with Gasteiger partial charge in [-0.2, -0.15) is 0 Å². The third-order valence-electron chi connectivity index (χ3n) is 11.2. The van der Waals surface area contributed by atoms with Crippen molar-refractivity contribution in [2.45, 2.75) is 238 Å². The zero-order valence-electron chi connectivity index (χ0n) is 39.5. The quantitative estimate of drug-likeness (QED) is 0.0273. The van der Waals surface area contributed by atoms with Crippen molar-refractivity contribution in [1.82, 2.24) is 5.32 Å². The van der Waals surface area contributed by atoms with Crippen LogP contribution in [0.2, 0.25) is 0 Å². The van der Waals surface area contributed by atoms with E-state index in [1.807, 2.05) is 40.2 Å². The van der Waals surface area contributed by atoms with Gasteiger partial charge in [-0.05, 0) is 39.0 Å². The molecule has 8 nitrogen and oxygen atoms in total. The summed E-state index contributed by atoms with van der Waals surface area (Å²) in [6.45, 7) is 4.39. The molecule has 0 rings (SSSR count). The lowest BCUT2D eigenvalue weighted by Gasteiger charge is -2.29. The Morgan fingerprint density at radius 1 is 0.610 bits per heavy atom. The second-order valence-electron chi connectivity index (χ2n) is 18.2. The summed E-state index contributed by atoms with van der Waals surface area (Å²) in [6, 6.07) is -0.904. The van der Waals surface area contributed by atoms with Crippen molar-refractivity contribution in [2.75, 3.05) is 40.9 Å². The van der Waals surface area contributed by atoms with E-state index in [-0.39, 0.29) is 12.5 Å². The molecule has 3 unspecified atom stereocenters. The Bertz CT molecular complexity index is 1060. The van der Waals surface area contributed by atoms with Crippen molar-refractivity contribution in [1.29, 1.82) is 0 Å². The number of amides is 1. The third kappa shape index (κ3) is 44.6. The summed E-state index contributed by atoms with van der Waals surface area (Å²) in [7, 11) is 1.24. The van der Waals surface area contributed by atoms with E-state index in [1.54, 1.807) is 6.08 Å². The van der Waals surface area contributed by atoms with E-state index in [4.69, 9.17) is 9.05 Å². The number of nitrogens with one attached hydrogen (secondary N) is 1. The molecule has 0 spiro atoms. The minimum atomic E-state index is -4.59. The Morgan fingerprint density at radius 3 is 1.37 bits per heavy atom. The minimum Gasteiger partial charge on any atom is -0.756 e. The van der Waals surface area contributed by atoms with Crippen molar-refractivity contribution in [3.8, 4) is 0 Å². The number of aliphatic hydroxyl groups is 1. The maximum atomic E-state index is 12.8. The van der Waals surface area contributed by atoms with E-state index in [0.29, 0.717) is 17.4 Å². The Labute approximate surface area is 366 Å². The number of aliphatic hydroxyl groups excluding tert-OH is 1. The van der Waals surface area contributed by atoms with Gasteiger partial charge < -0.3 is 28.8 Å². The van der Waals surface area contributed by atoms with Gasteiger partial charge in [-0.15, -0.1) is 0 Å². The third-order valence-corrected chi connectivity index (χ3v) is 12.1.